The van der Waals surface area contributed by atoms with Crippen LogP contribution in [0.1, 0.15) is 25.8 Å². The molecule has 108 valence electrons. The Morgan fingerprint density at radius 2 is 2.16 bits per heavy atom. The average molecular weight is 338 g/mol. The van der Waals surface area contributed by atoms with E-state index >= 15 is 0 Å². The lowest BCUT2D eigenvalue weighted by atomic mass is 10.00. The number of hydrogen-bond acceptors (Lipinski definition) is 3. The molecule has 0 aliphatic carbocycles. The SMILES string of the molecule is CCC(C)(CO)NCc1ccc(OC(F)F)c(Br)c1. The summed E-state index contributed by atoms with van der Waals surface area (Å²) in [5.74, 6) is 0.110. The highest BCUT2D eigenvalue weighted by molar-refractivity contribution is 9.10. The number of aliphatic hydroxyl groups excluding tert-OH is 1. The van der Waals surface area contributed by atoms with Gasteiger partial charge in [0.1, 0.15) is 5.75 Å². The van der Waals surface area contributed by atoms with E-state index < -0.39 is 6.61 Å². The third-order valence-electron chi connectivity index (χ3n) is 3.06. The van der Waals surface area contributed by atoms with Crippen molar-refractivity contribution >= 4 is 15.9 Å². The summed E-state index contributed by atoms with van der Waals surface area (Å²) in [5.41, 5.74) is 0.576. The van der Waals surface area contributed by atoms with Gasteiger partial charge in [0, 0.05) is 12.1 Å². The summed E-state index contributed by atoms with van der Waals surface area (Å²) in [5, 5.41) is 12.5. The number of benzene rings is 1. The van der Waals surface area contributed by atoms with Gasteiger partial charge in [-0.2, -0.15) is 8.78 Å². The summed E-state index contributed by atoms with van der Waals surface area (Å²) in [6, 6.07) is 4.93. The van der Waals surface area contributed by atoms with Crippen LogP contribution in [-0.4, -0.2) is 23.9 Å². The average Bonchev–Trinajstić information content (AvgIpc) is 2.38. The standard InChI is InChI=1S/C13H18BrF2NO2/c1-3-13(2,8-18)17-7-9-4-5-11(10(14)6-9)19-12(15)16/h4-6,12,17-18H,3,7-8H2,1-2H3. The highest BCUT2D eigenvalue weighted by Gasteiger charge is 2.19. The molecule has 1 aromatic carbocycles. The molecule has 0 bridgehead atoms. The Kier molecular flexibility index (Phi) is 6.16. The van der Waals surface area contributed by atoms with Gasteiger partial charge in [-0.25, -0.2) is 0 Å². The van der Waals surface area contributed by atoms with Gasteiger partial charge >= 0.3 is 6.61 Å². The van der Waals surface area contributed by atoms with Crippen LogP contribution in [0.3, 0.4) is 0 Å². The fourth-order valence-electron chi connectivity index (χ4n) is 1.45. The lowest BCUT2D eigenvalue weighted by Crippen LogP contribution is -2.44. The van der Waals surface area contributed by atoms with Gasteiger partial charge in [0.05, 0.1) is 11.1 Å². The fourth-order valence-corrected chi connectivity index (χ4v) is 1.97. The monoisotopic (exact) mass is 337 g/mol. The van der Waals surface area contributed by atoms with Gasteiger partial charge in [0.15, 0.2) is 0 Å². The number of aliphatic hydroxyl groups is 1. The molecule has 3 nitrogen and oxygen atoms in total. The molecule has 0 aliphatic heterocycles. The highest BCUT2D eigenvalue weighted by Crippen LogP contribution is 2.27. The molecule has 2 N–H and O–H groups in total. The van der Waals surface area contributed by atoms with Gasteiger partial charge in [0.2, 0.25) is 0 Å². The van der Waals surface area contributed by atoms with Crippen LogP contribution < -0.4 is 10.1 Å². The minimum Gasteiger partial charge on any atom is -0.434 e. The van der Waals surface area contributed by atoms with E-state index in [-0.39, 0.29) is 17.9 Å². The Bertz CT molecular complexity index is 412. The molecule has 0 aromatic heterocycles. The molecule has 6 heteroatoms. The molecular formula is C13H18BrF2NO2. The van der Waals surface area contributed by atoms with E-state index in [9.17, 15) is 13.9 Å². The second-order valence-electron chi connectivity index (χ2n) is 4.57. The van der Waals surface area contributed by atoms with Crippen molar-refractivity contribution in [3.8, 4) is 5.75 Å². The summed E-state index contributed by atoms with van der Waals surface area (Å²) in [6.07, 6.45) is 0.789. The Morgan fingerprint density at radius 1 is 1.47 bits per heavy atom. The molecule has 1 rings (SSSR count). The largest absolute Gasteiger partial charge is 0.434 e. The molecule has 0 radical (unpaired) electrons. The van der Waals surface area contributed by atoms with Gasteiger partial charge in [0.25, 0.3) is 0 Å². The van der Waals surface area contributed by atoms with Crippen LogP contribution in [-0.2, 0) is 6.54 Å². The number of alkyl halides is 2. The van der Waals surface area contributed by atoms with Crippen molar-refractivity contribution in [3.05, 3.63) is 28.2 Å². The van der Waals surface area contributed by atoms with Crippen LogP contribution in [0.2, 0.25) is 0 Å². The molecule has 1 unspecified atom stereocenters. The van der Waals surface area contributed by atoms with Crippen molar-refractivity contribution in [2.45, 2.75) is 39.0 Å². The van der Waals surface area contributed by atoms with Crippen molar-refractivity contribution in [2.75, 3.05) is 6.61 Å². The quantitative estimate of drug-likeness (QED) is 0.802. The zero-order valence-electron chi connectivity index (χ0n) is 10.9. The summed E-state index contributed by atoms with van der Waals surface area (Å²) in [6.45, 7) is 1.66. The van der Waals surface area contributed by atoms with Crippen molar-refractivity contribution in [2.24, 2.45) is 0 Å². The van der Waals surface area contributed by atoms with E-state index in [4.69, 9.17) is 0 Å². The summed E-state index contributed by atoms with van der Waals surface area (Å²) >= 11 is 3.19. The first kappa shape index (κ1) is 16.3. The minimum atomic E-state index is -2.84. The van der Waals surface area contributed by atoms with Crippen molar-refractivity contribution < 1.29 is 18.6 Å². The van der Waals surface area contributed by atoms with Crippen LogP contribution in [0, 0.1) is 0 Å². The molecule has 0 saturated carbocycles. The summed E-state index contributed by atoms with van der Waals surface area (Å²) < 4.78 is 29.1. The molecule has 0 heterocycles. The van der Waals surface area contributed by atoms with E-state index in [0.717, 1.165) is 12.0 Å². The molecule has 0 aliphatic rings. The molecular weight excluding hydrogens is 320 g/mol. The topological polar surface area (TPSA) is 41.5 Å². The number of rotatable bonds is 7. The molecule has 0 saturated heterocycles. The second kappa shape index (κ2) is 7.17. The molecule has 0 spiro atoms. The summed E-state index contributed by atoms with van der Waals surface area (Å²) in [7, 11) is 0. The van der Waals surface area contributed by atoms with Gasteiger partial charge in [-0.1, -0.05) is 13.0 Å². The Morgan fingerprint density at radius 3 is 2.63 bits per heavy atom. The van der Waals surface area contributed by atoms with Crippen LogP contribution in [0.4, 0.5) is 8.78 Å². The van der Waals surface area contributed by atoms with E-state index in [0.29, 0.717) is 11.0 Å². The number of nitrogens with one attached hydrogen (secondary N) is 1. The van der Waals surface area contributed by atoms with Crippen LogP contribution in [0.25, 0.3) is 0 Å². The first-order chi connectivity index (χ1) is 8.90. The van der Waals surface area contributed by atoms with Crippen LogP contribution in [0.15, 0.2) is 22.7 Å². The molecule has 1 atom stereocenters. The first-order valence-electron chi connectivity index (χ1n) is 5.99. The molecule has 0 amide bonds. The van der Waals surface area contributed by atoms with Gasteiger partial charge in [-0.05, 0) is 47.0 Å². The van der Waals surface area contributed by atoms with Crippen molar-refractivity contribution in [3.63, 3.8) is 0 Å². The lowest BCUT2D eigenvalue weighted by molar-refractivity contribution is -0.0503. The maximum atomic E-state index is 12.1. The van der Waals surface area contributed by atoms with Crippen LogP contribution in [0.5, 0.6) is 5.75 Å². The van der Waals surface area contributed by atoms with Gasteiger partial charge in [-0.15, -0.1) is 0 Å². The predicted octanol–water partition coefficient (Wildman–Crippen LogP) is 3.30. The van der Waals surface area contributed by atoms with E-state index in [1.165, 1.54) is 6.07 Å². The maximum absolute atomic E-state index is 12.1. The van der Waals surface area contributed by atoms with Gasteiger partial charge in [-0.3, -0.25) is 0 Å². The van der Waals surface area contributed by atoms with E-state index in [1.54, 1.807) is 12.1 Å². The van der Waals surface area contributed by atoms with Crippen molar-refractivity contribution in [1.29, 1.82) is 0 Å². The first-order valence-corrected chi connectivity index (χ1v) is 6.78. The number of hydrogen-bond donors (Lipinski definition) is 2. The zero-order valence-corrected chi connectivity index (χ0v) is 12.5. The Labute approximate surface area is 120 Å². The predicted molar refractivity (Wildman–Crippen MR) is 73.4 cm³/mol. The normalized spacial score (nSPS) is 14.5. The third kappa shape index (κ3) is 5.04. The number of ether oxygens (including phenoxy) is 1. The maximum Gasteiger partial charge on any atom is 0.387 e. The highest BCUT2D eigenvalue weighted by atomic mass is 79.9. The fraction of sp³-hybridized carbons (Fsp3) is 0.538. The molecule has 19 heavy (non-hydrogen) atoms. The van der Waals surface area contributed by atoms with E-state index in [1.807, 2.05) is 13.8 Å². The summed E-state index contributed by atoms with van der Waals surface area (Å²) in [4.78, 5) is 0. The Hall–Kier alpha value is -0.720. The molecule has 0 fully saturated rings. The van der Waals surface area contributed by atoms with Gasteiger partial charge < -0.3 is 15.2 Å². The Balaban J connectivity index is 2.68. The zero-order chi connectivity index (χ0) is 14.5. The second-order valence-corrected chi connectivity index (χ2v) is 5.42. The van der Waals surface area contributed by atoms with Crippen molar-refractivity contribution in [1.82, 2.24) is 5.32 Å². The molecule has 1 aromatic rings. The van der Waals surface area contributed by atoms with Crippen LogP contribution >= 0.6 is 15.9 Å². The number of halogens is 3. The van der Waals surface area contributed by atoms with E-state index in [2.05, 4.69) is 26.0 Å². The third-order valence-corrected chi connectivity index (χ3v) is 3.68. The lowest BCUT2D eigenvalue weighted by Gasteiger charge is -2.27. The smallest absolute Gasteiger partial charge is 0.387 e. The minimum absolute atomic E-state index is 0.0389.